The minimum Gasteiger partial charge on any atom is -0.484 e. The number of hydrogen-bond donors (Lipinski definition) is 1. The van der Waals surface area contributed by atoms with Gasteiger partial charge in [-0.05, 0) is 61.4 Å². The molecule has 4 aromatic rings. The second-order valence-electron chi connectivity index (χ2n) is 7.33. The van der Waals surface area contributed by atoms with Crippen LogP contribution in [0.25, 0.3) is 21.8 Å². The number of amides is 1. The number of hydrogen-bond acceptors (Lipinski definition) is 4. The third kappa shape index (κ3) is 5.30. The number of benzene rings is 3. The highest BCUT2D eigenvalue weighted by Crippen LogP contribution is 2.30. The van der Waals surface area contributed by atoms with Crippen molar-refractivity contribution in [1.29, 1.82) is 0 Å². The molecule has 7 heteroatoms. The van der Waals surface area contributed by atoms with Gasteiger partial charge in [0.15, 0.2) is 6.61 Å². The van der Waals surface area contributed by atoms with Crippen molar-refractivity contribution in [3.8, 4) is 27.6 Å². The van der Waals surface area contributed by atoms with Gasteiger partial charge in [-0.25, -0.2) is 4.98 Å². The highest BCUT2D eigenvalue weighted by molar-refractivity contribution is 7.13. The number of carbonyl (C=O) groups excluding carboxylic acids is 1. The lowest BCUT2D eigenvalue weighted by Gasteiger charge is -2.10. The van der Waals surface area contributed by atoms with Crippen molar-refractivity contribution in [2.45, 2.75) is 13.8 Å². The van der Waals surface area contributed by atoms with Crippen LogP contribution in [0.15, 0.2) is 66.0 Å². The smallest absolute Gasteiger partial charge is 0.262 e. The number of ether oxygens (including phenoxy) is 1. The SMILES string of the molecule is Cc1cc(OCC(=O)Nc2ccc(-c3csc(-c4ccc(Cl)cc4)n3)cc2)cc(C)c1Cl. The van der Waals surface area contributed by atoms with Gasteiger partial charge in [-0.15, -0.1) is 11.3 Å². The molecular formula is C25H20Cl2N2O2S. The van der Waals surface area contributed by atoms with Crippen molar-refractivity contribution in [2.24, 2.45) is 0 Å². The monoisotopic (exact) mass is 482 g/mol. The average molecular weight is 483 g/mol. The summed E-state index contributed by atoms with van der Waals surface area (Å²) in [5.74, 6) is 0.386. The summed E-state index contributed by atoms with van der Waals surface area (Å²) >= 11 is 13.7. The Morgan fingerprint density at radius 1 is 0.969 bits per heavy atom. The summed E-state index contributed by atoms with van der Waals surface area (Å²) in [5.41, 5.74) is 5.41. The van der Waals surface area contributed by atoms with E-state index in [2.05, 4.69) is 5.32 Å². The van der Waals surface area contributed by atoms with Gasteiger partial charge in [0.1, 0.15) is 10.8 Å². The standard InChI is InChI=1S/C25H20Cl2N2O2S/c1-15-11-21(12-16(2)24(15)27)31-13-23(30)28-20-9-5-17(6-10-20)22-14-32-25(29-22)18-3-7-19(26)8-4-18/h3-12,14H,13H2,1-2H3,(H,28,30). The third-order valence-corrected chi connectivity index (χ3v) is 6.58. The zero-order valence-corrected chi connectivity index (χ0v) is 19.8. The first kappa shape index (κ1) is 22.3. The molecule has 0 bridgehead atoms. The van der Waals surface area contributed by atoms with Gasteiger partial charge >= 0.3 is 0 Å². The first-order chi connectivity index (χ1) is 15.4. The van der Waals surface area contributed by atoms with E-state index in [1.54, 1.807) is 11.3 Å². The first-order valence-corrected chi connectivity index (χ1v) is 11.5. The van der Waals surface area contributed by atoms with Gasteiger partial charge in [-0.2, -0.15) is 0 Å². The lowest BCUT2D eigenvalue weighted by Crippen LogP contribution is -2.20. The van der Waals surface area contributed by atoms with Crippen LogP contribution in [0.1, 0.15) is 11.1 Å². The number of nitrogens with one attached hydrogen (secondary N) is 1. The molecule has 162 valence electrons. The van der Waals surface area contributed by atoms with Crippen LogP contribution in [0, 0.1) is 13.8 Å². The molecule has 1 heterocycles. The molecule has 0 fully saturated rings. The van der Waals surface area contributed by atoms with Gasteiger partial charge in [0, 0.05) is 32.2 Å². The summed E-state index contributed by atoms with van der Waals surface area (Å²) in [6.07, 6.45) is 0. The number of halogens is 2. The Kier molecular flexibility index (Phi) is 6.80. The molecule has 3 aromatic carbocycles. The van der Waals surface area contributed by atoms with E-state index in [1.807, 2.05) is 79.9 Å². The predicted molar refractivity (Wildman–Crippen MR) is 133 cm³/mol. The number of aromatic nitrogens is 1. The van der Waals surface area contributed by atoms with E-state index in [4.69, 9.17) is 32.9 Å². The zero-order valence-electron chi connectivity index (χ0n) is 17.5. The second-order valence-corrected chi connectivity index (χ2v) is 9.00. The van der Waals surface area contributed by atoms with Crippen LogP contribution in [-0.4, -0.2) is 17.5 Å². The average Bonchev–Trinajstić information content (AvgIpc) is 3.27. The lowest BCUT2D eigenvalue weighted by molar-refractivity contribution is -0.118. The largest absolute Gasteiger partial charge is 0.484 e. The molecule has 1 amide bonds. The molecule has 32 heavy (non-hydrogen) atoms. The molecular weight excluding hydrogens is 463 g/mol. The lowest BCUT2D eigenvalue weighted by atomic mass is 10.1. The first-order valence-electron chi connectivity index (χ1n) is 9.90. The maximum absolute atomic E-state index is 12.3. The van der Waals surface area contributed by atoms with Crippen LogP contribution < -0.4 is 10.1 Å². The number of aryl methyl sites for hydroxylation is 2. The topological polar surface area (TPSA) is 51.2 Å². The Bertz CT molecular complexity index is 1230. The van der Waals surface area contributed by atoms with E-state index in [0.717, 1.165) is 33.0 Å². The van der Waals surface area contributed by atoms with Gasteiger partial charge in [0.25, 0.3) is 5.91 Å². The van der Waals surface area contributed by atoms with Gasteiger partial charge in [-0.1, -0.05) is 47.5 Å². The quantitative estimate of drug-likeness (QED) is 0.311. The van der Waals surface area contributed by atoms with E-state index in [0.29, 0.717) is 21.5 Å². The minimum atomic E-state index is -0.235. The molecule has 0 aliphatic heterocycles. The molecule has 1 aromatic heterocycles. The molecule has 0 aliphatic rings. The summed E-state index contributed by atoms with van der Waals surface area (Å²) < 4.78 is 5.61. The molecule has 0 atom stereocenters. The van der Waals surface area contributed by atoms with Gasteiger partial charge in [0.2, 0.25) is 0 Å². The number of thiazole rings is 1. The third-order valence-electron chi connectivity index (χ3n) is 4.84. The van der Waals surface area contributed by atoms with Gasteiger partial charge < -0.3 is 10.1 Å². The van der Waals surface area contributed by atoms with E-state index < -0.39 is 0 Å². The Hall–Kier alpha value is -2.86. The van der Waals surface area contributed by atoms with Crippen molar-refractivity contribution >= 4 is 46.1 Å². The van der Waals surface area contributed by atoms with E-state index in [1.165, 1.54) is 0 Å². The van der Waals surface area contributed by atoms with Crippen molar-refractivity contribution in [3.63, 3.8) is 0 Å². The van der Waals surface area contributed by atoms with Crippen molar-refractivity contribution in [3.05, 3.63) is 87.2 Å². The molecule has 0 aliphatic carbocycles. The molecule has 1 N–H and O–H groups in total. The van der Waals surface area contributed by atoms with Crippen LogP contribution in [0.3, 0.4) is 0 Å². The molecule has 0 unspecified atom stereocenters. The molecule has 4 nitrogen and oxygen atoms in total. The molecule has 0 saturated carbocycles. The van der Waals surface area contributed by atoms with Gasteiger partial charge in [-0.3, -0.25) is 4.79 Å². The van der Waals surface area contributed by atoms with Gasteiger partial charge in [0.05, 0.1) is 5.69 Å². The summed E-state index contributed by atoms with van der Waals surface area (Å²) in [7, 11) is 0. The van der Waals surface area contributed by atoms with E-state index >= 15 is 0 Å². The molecule has 0 radical (unpaired) electrons. The summed E-state index contributed by atoms with van der Waals surface area (Å²) in [6.45, 7) is 3.73. The van der Waals surface area contributed by atoms with E-state index in [9.17, 15) is 4.79 Å². The highest BCUT2D eigenvalue weighted by Gasteiger charge is 2.09. The van der Waals surface area contributed by atoms with Crippen LogP contribution in [-0.2, 0) is 4.79 Å². The summed E-state index contributed by atoms with van der Waals surface area (Å²) in [6, 6.07) is 18.8. The molecule has 4 rings (SSSR count). The number of nitrogens with zero attached hydrogens (tertiary/aromatic N) is 1. The minimum absolute atomic E-state index is 0.0845. The highest BCUT2D eigenvalue weighted by atomic mass is 35.5. The molecule has 0 saturated heterocycles. The van der Waals surface area contributed by atoms with E-state index in [-0.39, 0.29) is 12.5 Å². The summed E-state index contributed by atoms with van der Waals surface area (Å²) in [5, 5.41) is 7.20. The number of rotatable bonds is 6. The number of carbonyl (C=O) groups is 1. The predicted octanol–water partition coefficient (Wildman–Crippen LogP) is 7.42. The van der Waals surface area contributed by atoms with Crippen molar-refractivity contribution < 1.29 is 9.53 Å². The fourth-order valence-corrected chi connectivity index (χ4v) is 4.26. The normalized spacial score (nSPS) is 10.8. The fraction of sp³-hybridized carbons (Fsp3) is 0.120. The number of anilines is 1. The second kappa shape index (κ2) is 9.74. The van der Waals surface area contributed by atoms with Crippen molar-refractivity contribution in [2.75, 3.05) is 11.9 Å². The van der Waals surface area contributed by atoms with Crippen LogP contribution >= 0.6 is 34.5 Å². The van der Waals surface area contributed by atoms with Crippen LogP contribution in [0.4, 0.5) is 5.69 Å². The van der Waals surface area contributed by atoms with Crippen LogP contribution in [0.2, 0.25) is 10.0 Å². The molecule has 0 spiro atoms. The Labute approximate surface area is 200 Å². The summed E-state index contributed by atoms with van der Waals surface area (Å²) in [4.78, 5) is 17.0. The van der Waals surface area contributed by atoms with Crippen molar-refractivity contribution in [1.82, 2.24) is 4.98 Å². The maximum Gasteiger partial charge on any atom is 0.262 e. The Balaban J connectivity index is 1.36. The zero-order chi connectivity index (χ0) is 22.7. The maximum atomic E-state index is 12.3. The Morgan fingerprint density at radius 3 is 2.25 bits per heavy atom. The Morgan fingerprint density at radius 2 is 1.59 bits per heavy atom. The van der Waals surface area contributed by atoms with Crippen LogP contribution in [0.5, 0.6) is 5.75 Å². The fourth-order valence-electron chi connectivity index (χ4n) is 3.19.